The van der Waals surface area contributed by atoms with Crippen LogP contribution in [0.5, 0.6) is 0 Å². The van der Waals surface area contributed by atoms with E-state index in [0.717, 1.165) is 22.2 Å². The maximum Gasteiger partial charge on any atom is 0.412 e. The molecule has 1 aromatic carbocycles. The number of aromatic amines is 1. The van der Waals surface area contributed by atoms with Crippen molar-refractivity contribution in [3.63, 3.8) is 0 Å². The average Bonchev–Trinajstić information content (AvgIpc) is 2.86. The molecule has 1 saturated heterocycles. The van der Waals surface area contributed by atoms with Crippen LogP contribution in [-0.4, -0.2) is 39.0 Å². The van der Waals surface area contributed by atoms with Crippen molar-refractivity contribution in [2.75, 3.05) is 6.54 Å². The molecule has 2 heterocycles. The Bertz CT molecular complexity index is 827. The van der Waals surface area contributed by atoms with Crippen molar-refractivity contribution in [1.29, 1.82) is 0 Å². The molecule has 0 saturated carbocycles. The van der Waals surface area contributed by atoms with E-state index in [1.54, 1.807) is 26.8 Å². The van der Waals surface area contributed by atoms with E-state index in [9.17, 15) is 9.90 Å². The fourth-order valence-electron chi connectivity index (χ4n) is 3.12. The Hall–Kier alpha value is -1.43. The molecule has 3 rings (SSSR count). The number of hydrogen-bond donors (Lipinski definition) is 2. The van der Waals surface area contributed by atoms with Crippen LogP contribution >= 0.6 is 23.2 Å². The summed E-state index contributed by atoms with van der Waals surface area (Å²) in [4.78, 5) is 16.7. The fraction of sp³-hybridized carbons (Fsp3) is 0.471. The molecule has 1 aliphatic heterocycles. The molecule has 24 heavy (non-hydrogen) atoms. The molecule has 2 aromatic rings. The summed E-state index contributed by atoms with van der Waals surface area (Å²) >= 11 is 12.3. The summed E-state index contributed by atoms with van der Waals surface area (Å²) in [5, 5.41) is 12.6. The van der Waals surface area contributed by atoms with Gasteiger partial charge in [0.15, 0.2) is 11.3 Å². The zero-order chi connectivity index (χ0) is 17.9. The minimum atomic E-state index is -1.37. The van der Waals surface area contributed by atoms with Crippen LogP contribution in [0.2, 0.25) is 10.0 Å². The second-order valence-corrected chi connectivity index (χ2v) is 7.60. The number of nitrogens with zero attached hydrogens (tertiary/aromatic N) is 1. The number of ether oxygens (including phenoxy) is 1. The van der Waals surface area contributed by atoms with E-state index in [-0.39, 0.29) is 0 Å². The molecule has 7 heteroatoms. The van der Waals surface area contributed by atoms with Crippen LogP contribution in [0.25, 0.3) is 10.9 Å². The number of aryl methyl sites for hydroxylation is 1. The number of aromatic nitrogens is 1. The van der Waals surface area contributed by atoms with Gasteiger partial charge in [-0.1, -0.05) is 29.3 Å². The second kappa shape index (κ2) is 5.55. The molecule has 0 bridgehead atoms. The highest BCUT2D eigenvalue weighted by molar-refractivity contribution is 6.45. The summed E-state index contributed by atoms with van der Waals surface area (Å²) in [6.45, 7) is 7.27. The Kier molecular flexibility index (Phi) is 4.02. The Morgan fingerprint density at radius 3 is 2.54 bits per heavy atom. The van der Waals surface area contributed by atoms with E-state index in [4.69, 9.17) is 27.9 Å². The number of benzene rings is 1. The lowest BCUT2D eigenvalue weighted by atomic mass is 9.95. The number of cyclic esters (lactones) is 1. The largest absolute Gasteiger partial charge is 0.438 e. The number of carbonyl (C=O) groups excluding carboxylic acids is 1. The van der Waals surface area contributed by atoms with Crippen molar-refractivity contribution in [1.82, 2.24) is 9.88 Å². The molecule has 0 spiro atoms. The monoisotopic (exact) mass is 370 g/mol. The fourth-order valence-corrected chi connectivity index (χ4v) is 3.49. The van der Waals surface area contributed by atoms with Crippen LogP contribution in [0.4, 0.5) is 4.79 Å². The lowest BCUT2D eigenvalue weighted by Gasteiger charge is -2.34. The lowest BCUT2D eigenvalue weighted by Crippen LogP contribution is -2.54. The van der Waals surface area contributed by atoms with Crippen molar-refractivity contribution >= 4 is 40.2 Å². The van der Waals surface area contributed by atoms with Crippen LogP contribution in [0, 0.1) is 6.92 Å². The number of fused-ring (bicyclic) bond motifs is 1. The third-order valence-electron chi connectivity index (χ3n) is 5.00. The first-order valence-electron chi connectivity index (χ1n) is 7.74. The maximum atomic E-state index is 12.1. The number of amides is 1. The van der Waals surface area contributed by atoms with Gasteiger partial charge in [-0.25, -0.2) is 4.79 Å². The van der Waals surface area contributed by atoms with Crippen molar-refractivity contribution in [2.45, 2.75) is 45.4 Å². The Labute approximate surface area is 150 Å². The van der Waals surface area contributed by atoms with Crippen LogP contribution in [0.3, 0.4) is 0 Å². The molecule has 0 aliphatic carbocycles. The maximum absolute atomic E-state index is 12.1. The van der Waals surface area contributed by atoms with Gasteiger partial charge in [-0.3, -0.25) is 4.90 Å². The highest BCUT2D eigenvalue weighted by Crippen LogP contribution is 2.38. The highest BCUT2D eigenvalue weighted by atomic mass is 35.5. The van der Waals surface area contributed by atoms with Crippen LogP contribution in [0.15, 0.2) is 12.1 Å². The van der Waals surface area contributed by atoms with Gasteiger partial charge in [-0.2, -0.15) is 0 Å². The zero-order valence-corrected chi connectivity index (χ0v) is 15.5. The molecule has 1 fully saturated rings. The normalized spacial score (nSPS) is 23.1. The molecule has 1 aromatic heterocycles. The Morgan fingerprint density at radius 1 is 1.29 bits per heavy atom. The molecule has 2 N–H and O–H groups in total. The Balaban J connectivity index is 1.91. The van der Waals surface area contributed by atoms with E-state index in [1.165, 1.54) is 4.90 Å². The molecule has 1 unspecified atom stereocenters. The number of halogens is 2. The minimum absolute atomic E-state index is 0.337. The van der Waals surface area contributed by atoms with E-state index >= 15 is 0 Å². The molecule has 1 aliphatic rings. The van der Waals surface area contributed by atoms with Crippen molar-refractivity contribution < 1.29 is 14.6 Å². The van der Waals surface area contributed by atoms with Gasteiger partial charge in [-0.05, 0) is 45.7 Å². The van der Waals surface area contributed by atoms with E-state index in [1.807, 2.05) is 13.0 Å². The van der Waals surface area contributed by atoms with Crippen LogP contribution < -0.4 is 0 Å². The zero-order valence-electron chi connectivity index (χ0n) is 14.0. The molecular weight excluding hydrogens is 351 g/mol. The number of nitrogens with one attached hydrogen (secondary N) is 1. The Morgan fingerprint density at radius 2 is 1.96 bits per heavy atom. The van der Waals surface area contributed by atoms with Gasteiger partial charge < -0.3 is 14.8 Å². The molecule has 5 nitrogen and oxygen atoms in total. The van der Waals surface area contributed by atoms with Crippen LogP contribution in [0.1, 0.15) is 32.0 Å². The van der Waals surface area contributed by atoms with Gasteiger partial charge in [0, 0.05) is 17.6 Å². The van der Waals surface area contributed by atoms with Gasteiger partial charge >= 0.3 is 6.09 Å². The number of aliphatic hydroxyl groups is 1. The summed E-state index contributed by atoms with van der Waals surface area (Å²) in [6.07, 6.45) is 0.0501. The number of H-pyrrole nitrogens is 1. The third kappa shape index (κ3) is 2.46. The quantitative estimate of drug-likeness (QED) is 0.847. The second-order valence-electron chi connectivity index (χ2n) is 6.81. The molecule has 1 amide bonds. The highest BCUT2D eigenvalue weighted by Gasteiger charge is 2.56. The van der Waals surface area contributed by atoms with E-state index in [0.29, 0.717) is 23.0 Å². The number of carbonyl (C=O) groups is 1. The summed E-state index contributed by atoms with van der Waals surface area (Å²) in [5.74, 6) is 0. The van der Waals surface area contributed by atoms with E-state index in [2.05, 4.69) is 4.98 Å². The third-order valence-corrected chi connectivity index (χ3v) is 5.80. The first-order valence-corrected chi connectivity index (χ1v) is 8.50. The standard InChI is InChI=1S/C17H20Cl2N2O3/c1-9-10(11-5-6-12(18)13(19)14(11)20-9)7-8-21-15(22)24-16(2,3)17(21,4)23/h5-6,20,23H,7-8H2,1-4H3. The first-order chi connectivity index (χ1) is 11.1. The minimum Gasteiger partial charge on any atom is -0.438 e. The van der Waals surface area contributed by atoms with Crippen molar-refractivity contribution in [2.24, 2.45) is 0 Å². The van der Waals surface area contributed by atoms with Gasteiger partial charge in [0.05, 0.1) is 15.6 Å². The predicted molar refractivity (Wildman–Crippen MR) is 94.6 cm³/mol. The number of rotatable bonds is 3. The van der Waals surface area contributed by atoms with Crippen molar-refractivity contribution in [3.8, 4) is 0 Å². The molecule has 0 radical (unpaired) electrons. The summed E-state index contributed by atoms with van der Waals surface area (Å²) in [6, 6.07) is 3.67. The topological polar surface area (TPSA) is 65.6 Å². The van der Waals surface area contributed by atoms with Crippen molar-refractivity contribution in [3.05, 3.63) is 33.4 Å². The van der Waals surface area contributed by atoms with Gasteiger partial charge in [-0.15, -0.1) is 0 Å². The lowest BCUT2D eigenvalue weighted by molar-refractivity contribution is -0.126. The predicted octanol–water partition coefficient (Wildman–Crippen LogP) is 4.26. The average molecular weight is 371 g/mol. The molecule has 130 valence electrons. The SMILES string of the molecule is Cc1[nH]c2c(Cl)c(Cl)ccc2c1CCN1C(=O)OC(C)(C)C1(C)O. The summed E-state index contributed by atoms with van der Waals surface area (Å²) < 4.78 is 5.29. The summed E-state index contributed by atoms with van der Waals surface area (Å²) in [5.41, 5.74) is 0.451. The summed E-state index contributed by atoms with van der Waals surface area (Å²) in [7, 11) is 0. The van der Waals surface area contributed by atoms with Gasteiger partial charge in [0.1, 0.15) is 0 Å². The number of hydrogen-bond acceptors (Lipinski definition) is 3. The van der Waals surface area contributed by atoms with Gasteiger partial charge in [0.25, 0.3) is 0 Å². The van der Waals surface area contributed by atoms with Crippen LogP contribution in [-0.2, 0) is 11.2 Å². The van der Waals surface area contributed by atoms with E-state index < -0.39 is 17.4 Å². The molecule has 1 atom stereocenters. The smallest absolute Gasteiger partial charge is 0.412 e. The molecular formula is C17H20Cl2N2O3. The first kappa shape index (κ1) is 17.4. The van der Waals surface area contributed by atoms with Gasteiger partial charge in [0.2, 0.25) is 0 Å².